The molecule has 6 heteroatoms. The molecule has 2 aromatic rings. The summed E-state index contributed by atoms with van der Waals surface area (Å²) in [6.07, 6.45) is 0. The van der Waals surface area contributed by atoms with E-state index in [0.29, 0.717) is 28.9 Å². The summed E-state index contributed by atoms with van der Waals surface area (Å²) >= 11 is 12.1. The molecule has 1 heterocycles. The lowest BCUT2D eigenvalue weighted by Crippen LogP contribution is -2.10. The second-order valence-electron chi connectivity index (χ2n) is 5.22. The Labute approximate surface area is 140 Å². The zero-order valence-electron chi connectivity index (χ0n) is 12.8. The van der Waals surface area contributed by atoms with Crippen LogP contribution in [0.25, 0.3) is 0 Å². The van der Waals surface area contributed by atoms with Gasteiger partial charge in [0, 0.05) is 15.7 Å². The molecule has 1 aromatic carbocycles. The Bertz CT molecular complexity index is 681. The minimum absolute atomic E-state index is 0.224. The monoisotopic (exact) mass is 340 g/mol. The average molecular weight is 341 g/mol. The van der Waals surface area contributed by atoms with Crippen LogP contribution in [0, 0.1) is 0 Å². The molecule has 1 aromatic heterocycles. The van der Waals surface area contributed by atoms with Crippen molar-refractivity contribution in [1.82, 2.24) is 9.78 Å². The SMILES string of the molecule is CCOC(=O)c1cc(C(C)C)n(Cc2ccc(Cl)cc2Cl)n1. The number of esters is 1. The van der Waals surface area contributed by atoms with Crippen molar-refractivity contribution in [2.45, 2.75) is 33.2 Å². The van der Waals surface area contributed by atoms with E-state index in [4.69, 9.17) is 27.9 Å². The maximum Gasteiger partial charge on any atom is 0.358 e. The highest BCUT2D eigenvalue weighted by Gasteiger charge is 2.18. The third kappa shape index (κ3) is 3.81. The fourth-order valence-corrected chi connectivity index (χ4v) is 2.61. The van der Waals surface area contributed by atoms with E-state index in [0.717, 1.165) is 11.3 Å². The zero-order valence-corrected chi connectivity index (χ0v) is 14.3. The van der Waals surface area contributed by atoms with Gasteiger partial charge in [0.05, 0.1) is 13.2 Å². The summed E-state index contributed by atoms with van der Waals surface area (Å²) in [5, 5.41) is 5.53. The highest BCUT2D eigenvalue weighted by atomic mass is 35.5. The predicted molar refractivity (Wildman–Crippen MR) is 87.8 cm³/mol. The number of rotatable bonds is 5. The minimum atomic E-state index is -0.412. The molecular formula is C16H18Cl2N2O2. The highest BCUT2D eigenvalue weighted by molar-refractivity contribution is 6.35. The van der Waals surface area contributed by atoms with Crippen molar-refractivity contribution < 1.29 is 9.53 Å². The van der Waals surface area contributed by atoms with Crippen LogP contribution >= 0.6 is 23.2 Å². The normalized spacial score (nSPS) is 11.0. The molecule has 0 saturated heterocycles. The van der Waals surface area contributed by atoms with Gasteiger partial charge in [0.2, 0.25) is 0 Å². The third-order valence-corrected chi connectivity index (χ3v) is 3.81. The van der Waals surface area contributed by atoms with Crippen molar-refractivity contribution in [2.24, 2.45) is 0 Å². The van der Waals surface area contributed by atoms with Crippen molar-refractivity contribution in [3.63, 3.8) is 0 Å². The van der Waals surface area contributed by atoms with Gasteiger partial charge in [-0.1, -0.05) is 43.1 Å². The van der Waals surface area contributed by atoms with Crippen LogP contribution in [-0.2, 0) is 11.3 Å². The first kappa shape index (κ1) is 16.8. The van der Waals surface area contributed by atoms with Crippen molar-refractivity contribution in [3.05, 3.63) is 51.3 Å². The molecule has 0 radical (unpaired) electrons. The van der Waals surface area contributed by atoms with E-state index in [9.17, 15) is 4.79 Å². The molecule has 4 nitrogen and oxygen atoms in total. The molecule has 2 rings (SSSR count). The maximum absolute atomic E-state index is 11.9. The highest BCUT2D eigenvalue weighted by Crippen LogP contribution is 2.24. The Kier molecular flexibility index (Phi) is 5.48. The van der Waals surface area contributed by atoms with Gasteiger partial charge in [0.1, 0.15) is 0 Å². The molecule has 0 atom stereocenters. The number of aromatic nitrogens is 2. The summed E-state index contributed by atoms with van der Waals surface area (Å²) < 4.78 is 6.79. The second kappa shape index (κ2) is 7.16. The lowest BCUT2D eigenvalue weighted by molar-refractivity contribution is 0.0518. The van der Waals surface area contributed by atoms with Gasteiger partial charge in [-0.3, -0.25) is 4.68 Å². The fourth-order valence-electron chi connectivity index (χ4n) is 2.14. The van der Waals surface area contributed by atoms with Crippen LogP contribution in [0.1, 0.15) is 48.4 Å². The van der Waals surface area contributed by atoms with Crippen LogP contribution in [0.5, 0.6) is 0 Å². The molecule has 0 fully saturated rings. The van der Waals surface area contributed by atoms with Crippen LogP contribution in [0.2, 0.25) is 10.0 Å². The summed E-state index contributed by atoms with van der Waals surface area (Å²) in [4.78, 5) is 11.9. The van der Waals surface area contributed by atoms with Gasteiger partial charge < -0.3 is 4.74 Å². The second-order valence-corrected chi connectivity index (χ2v) is 6.07. The van der Waals surface area contributed by atoms with E-state index < -0.39 is 5.97 Å². The fraction of sp³-hybridized carbons (Fsp3) is 0.375. The van der Waals surface area contributed by atoms with Crippen LogP contribution in [-0.4, -0.2) is 22.4 Å². The van der Waals surface area contributed by atoms with Crippen molar-refractivity contribution in [1.29, 1.82) is 0 Å². The van der Waals surface area contributed by atoms with Crippen LogP contribution in [0.15, 0.2) is 24.3 Å². The van der Waals surface area contributed by atoms with E-state index in [-0.39, 0.29) is 5.92 Å². The Morgan fingerprint density at radius 2 is 2.05 bits per heavy atom. The van der Waals surface area contributed by atoms with Gasteiger partial charge >= 0.3 is 5.97 Å². The summed E-state index contributed by atoms with van der Waals surface area (Å²) in [5.74, 6) is -0.188. The zero-order chi connectivity index (χ0) is 16.3. The molecule has 0 amide bonds. The molecule has 0 bridgehead atoms. The minimum Gasteiger partial charge on any atom is -0.461 e. The standard InChI is InChI=1S/C16H18Cl2N2O2/c1-4-22-16(21)14-8-15(10(2)3)20(19-14)9-11-5-6-12(17)7-13(11)18/h5-8,10H,4,9H2,1-3H3. The molecular weight excluding hydrogens is 323 g/mol. The number of carbonyl (C=O) groups is 1. The molecule has 0 N–H and O–H groups in total. The van der Waals surface area contributed by atoms with Gasteiger partial charge in [-0.15, -0.1) is 0 Å². The molecule has 0 unspecified atom stereocenters. The first-order valence-corrected chi connectivity index (χ1v) is 7.86. The summed E-state index contributed by atoms with van der Waals surface area (Å²) in [6.45, 7) is 6.66. The average Bonchev–Trinajstić information content (AvgIpc) is 2.86. The van der Waals surface area contributed by atoms with Crippen LogP contribution in [0.3, 0.4) is 0 Å². The van der Waals surface area contributed by atoms with Gasteiger partial charge in [0.25, 0.3) is 0 Å². The number of benzene rings is 1. The number of halogens is 2. The van der Waals surface area contributed by atoms with Gasteiger partial charge in [0.15, 0.2) is 5.69 Å². The Balaban J connectivity index is 2.34. The number of hydrogen-bond donors (Lipinski definition) is 0. The molecule has 22 heavy (non-hydrogen) atoms. The molecule has 118 valence electrons. The molecule has 0 aliphatic rings. The number of ether oxygens (including phenoxy) is 1. The Morgan fingerprint density at radius 1 is 1.32 bits per heavy atom. The quantitative estimate of drug-likeness (QED) is 0.750. The molecule has 0 aliphatic carbocycles. The van der Waals surface area contributed by atoms with Crippen molar-refractivity contribution in [2.75, 3.05) is 6.61 Å². The van der Waals surface area contributed by atoms with E-state index >= 15 is 0 Å². The smallest absolute Gasteiger partial charge is 0.358 e. The van der Waals surface area contributed by atoms with E-state index in [1.165, 1.54) is 0 Å². The van der Waals surface area contributed by atoms with E-state index in [1.54, 1.807) is 29.8 Å². The summed E-state index contributed by atoms with van der Waals surface area (Å²) in [7, 11) is 0. The summed E-state index contributed by atoms with van der Waals surface area (Å²) in [5.41, 5.74) is 2.16. The molecule has 0 spiro atoms. The lowest BCUT2D eigenvalue weighted by atomic mass is 10.1. The first-order chi connectivity index (χ1) is 10.4. The molecule has 0 aliphatic heterocycles. The lowest BCUT2D eigenvalue weighted by Gasteiger charge is -2.11. The van der Waals surface area contributed by atoms with Gasteiger partial charge in [-0.05, 0) is 36.6 Å². The van der Waals surface area contributed by atoms with E-state index in [2.05, 4.69) is 5.10 Å². The maximum atomic E-state index is 11.9. The molecule has 0 saturated carbocycles. The van der Waals surface area contributed by atoms with E-state index in [1.807, 2.05) is 19.9 Å². The van der Waals surface area contributed by atoms with Crippen molar-refractivity contribution in [3.8, 4) is 0 Å². The van der Waals surface area contributed by atoms with Crippen LogP contribution in [0.4, 0.5) is 0 Å². The predicted octanol–water partition coefficient (Wildman–Crippen LogP) is 4.54. The summed E-state index contributed by atoms with van der Waals surface area (Å²) in [6, 6.07) is 7.11. The number of hydrogen-bond acceptors (Lipinski definition) is 3. The van der Waals surface area contributed by atoms with Gasteiger partial charge in [-0.25, -0.2) is 4.79 Å². The van der Waals surface area contributed by atoms with Crippen LogP contribution < -0.4 is 0 Å². The number of carbonyl (C=O) groups excluding carboxylic acids is 1. The third-order valence-electron chi connectivity index (χ3n) is 3.22. The number of nitrogens with zero attached hydrogens (tertiary/aromatic N) is 2. The Morgan fingerprint density at radius 3 is 2.64 bits per heavy atom. The van der Waals surface area contributed by atoms with Crippen molar-refractivity contribution >= 4 is 29.2 Å². The Hall–Kier alpha value is -1.52. The largest absolute Gasteiger partial charge is 0.461 e. The first-order valence-electron chi connectivity index (χ1n) is 7.11. The van der Waals surface area contributed by atoms with Gasteiger partial charge in [-0.2, -0.15) is 5.10 Å². The topological polar surface area (TPSA) is 44.1 Å².